The fourth-order valence-electron chi connectivity index (χ4n) is 2.27. The van der Waals surface area contributed by atoms with Crippen molar-refractivity contribution in [3.05, 3.63) is 34.4 Å². The van der Waals surface area contributed by atoms with E-state index < -0.39 is 17.4 Å². The summed E-state index contributed by atoms with van der Waals surface area (Å²) in [5.74, 6) is -1.26. The van der Waals surface area contributed by atoms with E-state index in [2.05, 4.69) is 0 Å². The molecule has 19 heavy (non-hydrogen) atoms. The molecule has 0 unspecified atom stereocenters. The number of carboxylic acid groups (broad SMARTS) is 1. The molecule has 0 aliphatic rings. The second-order valence-electron chi connectivity index (χ2n) is 5.41. The van der Waals surface area contributed by atoms with Gasteiger partial charge in [-0.25, -0.2) is 4.79 Å². The van der Waals surface area contributed by atoms with E-state index in [-0.39, 0.29) is 6.42 Å². The Morgan fingerprint density at radius 3 is 2.32 bits per heavy atom. The van der Waals surface area contributed by atoms with Gasteiger partial charge in [0.05, 0.1) is 19.1 Å². The highest BCUT2D eigenvalue weighted by Crippen LogP contribution is 2.32. The molecule has 0 saturated heterocycles. The second-order valence-corrected chi connectivity index (χ2v) is 5.41. The topological polar surface area (TPSA) is 63.6 Å². The van der Waals surface area contributed by atoms with Crippen LogP contribution in [-0.2, 0) is 14.9 Å². The van der Waals surface area contributed by atoms with Crippen LogP contribution >= 0.6 is 0 Å². The van der Waals surface area contributed by atoms with E-state index in [0.29, 0.717) is 5.56 Å². The molecule has 0 aromatic heterocycles. The zero-order valence-corrected chi connectivity index (χ0v) is 12.0. The maximum Gasteiger partial charge on any atom is 0.337 e. The van der Waals surface area contributed by atoms with Gasteiger partial charge in [-0.1, -0.05) is 13.8 Å². The average molecular weight is 264 g/mol. The quantitative estimate of drug-likeness (QED) is 0.849. The largest absolute Gasteiger partial charge is 0.481 e. The number of aryl methyl sites for hydroxylation is 1. The Hall–Kier alpha value is -1.84. The van der Waals surface area contributed by atoms with Crippen LogP contribution in [0.15, 0.2) is 12.1 Å². The summed E-state index contributed by atoms with van der Waals surface area (Å²) in [6.45, 7) is 7.57. The smallest absolute Gasteiger partial charge is 0.337 e. The van der Waals surface area contributed by atoms with Crippen molar-refractivity contribution in [2.24, 2.45) is 0 Å². The van der Waals surface area contributed by atoms with E-state index in [1.165, 1.54) is 7.11 Å². The van der Waals surface area contributed by atoms with Crippen LogP contribution in [0.1, 0.15) is 47.3 Å². The molecule has 0 atom stereocenters. The molecule has 1 rings (SSSR count). The molecule has 1 aromatic carbocycles. The number of rotatable bonds is 4. The standard InChI is InChI=1S/C15H20O4/c1-9-6-11(14(18)19-5)7-12(10(9)2)15(3,4)8-13(16)17/h6-7H,8H2,1-5H3,(H,16,17). The van der Waals surface area contributed by atoms with Crippen molar-refractivity contribution >= 4 is 11.9 Å². The Morgan fingerprint density at radius 1 is 1.26 bits per heavy atom. The fraction of sp³-hybridized carbons (Fsp3) is 0.467. The normalized spacial score (nSPS) is 11.2. The monoisotopic (exact) mass is 264 g/mol. The highest BCUT2D eigenvalue weighted by Gasteiger charge is 2.27. The van der Waals surface area contributed by atoms with E-state index in [0.717, 1.165) is 16.7 Å². The minimum absolute atomic E-state index is 0.0118. The van der Waals surface area contributed by atoms with Crippen molar-refractivity contribution in [2.45, 2.75) is 39.5 Å². The lowest BCUT2D eigenvalue weighted by molar-refractivity contribution is -0.138. The van der Waals surface area contributed by atoms with Gasteiger partial charge in [-0.15, -0.1) is 0 Å². The minimum Gasteiger partial charge on any atom is -0.481 e. The summed E-state index contributed by atoms with van der Waals surface area (Å²) in [5.41, 5.74) is 2.76. The van der Waals surface area contributed by atoms with Crippen LogP contribution in [0.2, 0.25) is 0 Å². The Balaban J connectivity index is 3.37. The van der Waals surface area contributed by atoms with Gasteiger partial charge in [0.1, 0.15) is 0 Å². The molecule has 0 radical (unpaired) electrons. The lowest BCUT2D eigenvalue weighted by atomic mass is 9.77. The van der Waals surface area contributed by atoms with E-state index in [1.807, 2.05) is 27.7 Å². The molecule has 1 aromatic rings. The fourth-order valence-corrected chi connectivity index (χ4v) is 2.27. The van der Waals surface area contributed by atoms with Crippen molar-refractivity contribution in [2.75, 3.05) is 7.11 Å². The summed E-state index contributed by atoms with van der Waals surface area (Å²) in [7, 11) is 1.33. The van der Waals surface area contributed by atoms with Crippen molar-refractivity contribution in [1.82, 2.24) is 0 Å². The average Bonchev–Trinajstić information content (AvgIpc) is 2.29. The number of hydrogen-bond donors (Lipinski definition) is 1. The van der Waals surface area contributed by atoms with Crippen molar-refractivity contribution in [3.63, 3.8) is 0 Å². The van der Waals surface area contributed by atoms with Gasteiger partial charge in [0.25, 0.3) is 0 Å². The predicted octanol–water partition coefficient (Wildman–Crippen LogP) is 2.84. The molecule has 0 aliphatic carbocycles. The summed E-state index contributed by atoms with van der Waals surface area (Å²) in [6, 6.07) is 3.50. The summed E-state index contributed by atoms with van der Waals surface area (Å²) >= 11 is 0. The van der Waals surface area contributed by atoms with Crippen molar-refractivity contribution in [1.29, 1.82) is 0 Å². The minimum atomic E-state index is -0.856. The summed E-state index contributed by atoms with van der Waals surface area (Å²) in [4.78, 5) is 22.6. The van der Waals surface area contributed by atoms with Gasteiger partial charge >= 0.3 is 11.9 Å². The Bertz CT molecular complexity index is 515. The van der Waals surface area contributed by atoms with Crippen LogP contribution in [0.25, 0.3) is 0 Å². The Kier molecular flexibility index (Phi) is 4.35. The Morgan fingerprint density at radius 2 is 1.84 bits per heavy atom. The van der Waals surface area contributed by atoms with Gasteiger partial charge in [-0.2, -0.15) is 0 Å². The van der Waals surface area contributed by atoms with E-state index in [1.54, 1.807) is 12.1 Å². The van der Waals surface area contributed by atoms with Crippen molar-refractivity contribution < 1.29 is 19.4 Å². The molecule has 1 N–H and O–H groups in total. The molecule has 0 spiro atoms. The van der Waals surface area contributed by atoms with E-state index in [9.17, 15) is 9.59 Å². The number of carbonyl (C=O) groups is 2. The molecule has 0 fully saturated rings. The molecule has 4 nitrogen and oxygen atoms in total. The van der Waals surface area contributed by atoms with E-state index in [4.69, 9.17) is 9.84 Å². The van der Waals surface area contributed by atoms with Gasteiger partial charge < -0.3 is 9.84 Å². The van der Waals surface area contributed by atoms with Crippen LogP contribution in [0.5, 0.6) is 0 Å². The van der Waals surface area contributed by atoms with Crippen LogP contribution in [-0.4, -0.2) is 24.2 Å². The maximum absolute atomic E-state index is 11.6. The first-order chi connectivity index (χ1) is 8.69. The van der Waals surface area contributed by atoms with Gasteiger partial charge in [-0.05, 0) is 42.7 Å². The van der Waals surface area contributed by atoms with Gasteiger partial charge in [0, 0.05) is 5.41 Å². The van der Waals surface area contributed by atoms with Crippen LogP contribution in [0.3, 0.4) is 0 Å². The maximum atomic E-state index is 11.6. The third-order valence-electron chi connectivity index (χ3n) is 3.41. The number of benzene rings is 1. The second kappa shape index (κ2) is 5.43. The lowest BCUT2D eigenvalue weighted by Gasteiger charge is -2.26. The number of carbonyl (C=O) groups excluding carboxylic acids is 1. The number of hydrogen-bond acceptors (Lipinski definition) is 3. The van der Waals surface area contributed by atoms with Crippen molar-refractivity contribution in [3.8, 4) is 0 Å². The van der Waals surface area contributed by atoms with E-state index >= 15 is 0 Å². The summed E-state index contributed by atoms with van der Waals surface area (Å²) in [5, 5.41) is 9.00. The third-order valence-corrected chi connectivity index (χ3v) is 3.41. The van der Waals surface area contributed by atoms with Gasteiger partial charge in [0.15, 0.2) is 0 Å². The summed E-state index contributed by atoms with van der Waals surface area (Å²) in [6.07, 6.45) is 0.0118. The van der Waals surface area contributed by atoms with Gasteiger partial charge in [-0.3, -0.25) is 4.79 Å². The first-order valence-electron chi connectivity index (χ1n) is 6.11. The third kappa shape index (κ3) is 3.34. The molecular weight excluding hydrogens is 244 g/mol. The van der Waals surface area contributed by atoms with Crippen LogP contribution in [0, 0.1) is 13.8 Å². The zero-order chi connectivity index (χ0) is 14.8. The lowest BCUT2D eigenvalue weighted by Crippen LogP contribution is -2.24. The first-order valence-corrected chi connectivity index (χ1v) is 6.11. The molecule has 0 aliphatic heterocycles. The highest BCUT2D eigenvalue weighted by molar-refractivity contribution is 5.90. The number of methoxy groups -OCH3 is 1. The van der Waals surface area contributed by atoms with Gasteiger partial charge in [0.2, 0.25) is 0 Å². The van der Waals surface area contributed by atoms with Crippen LogP contribution in [0.4, 0.5) is 0 Å². The summed E-state index contributed by atoms with van der Waals surface area (Å²) < 4.78 is 4.72. The SMILES string of the molecule is COC(=O)c1cc(C)c(C)c(C(C)(C)CC(=O)O)c1. The first kappa shape index (κ1) is 15.2. The number of aliphatic carboxylic acids is 1. The molecule has 0 saturated carbocycles. The molecule has 104 valence electrons. The molecule has 0 amide bonds. The molecule has 0 bridgehead atoms. The zero-order valence-electron chi connectivity index (χ0n) is 12.0. The predicted molar refractivity (Wildman–Crippen MR) is 72.5 cm³/mol. The number of ether oxygens (including phenoxy) is 1. The molecule has 4 heteroatoms. The molecule has 0 heterocycles. The highest BCUT2D eigenvalue weighted by atomic mass is 16.5. The number of carboxylic acids is 1. The number of esters is 1. The molecular formula is C15H20O4. The Labute approximate surface area is 113 Å². The van der Waals surface area contributed by atoms with Crippen LogP contribution < -0.4 is 0 Å².